The van der Waals surface area contributed by atoms with Crippen molar-refractivity contribution < 1.29 is 22.7 Å². The molecule has 1 aliphatic heterocycles. The van der Waals surface area contributed by atoms with Gasteiger partial charge in [-0.1, -0.05) is 31.5 Å². The molecule has 1 fully saturated rings. The van der Waals surface area contributed by atoms with Crippen LogP contribution in [0.3, 0.4) is 0 Å². The molecular formula is C23H29NO5S. The maximum absolute atomic E-state index is 13.4. The van der Waals surface area contributed by atoms with Crippen molar-refractivity contribution in [1.29, 1.82) is 0 Å². The summed E-state index contributed by atoms with van der Waals surface area (Å²) >= 11 is 0. The van der Waals surface area contributed by atoms with Crippen molar-refractivity contribution >= 4 is 15.7 Å². The third-order valence-electron chi connectivity index (χ3n) is 5.27. The first kappa shape index (κ1) is 22.2. The van der Waals surface area contributed by atoms with E-state index in [4.69, 9.17) is 9.47 Å². The SMILES string of the molecule is CCCCOc1cccc(C(=O)N(Cc2ccc(OC)cc2)[C@H]2CCS(=O)(=O)C2)c1. The van der Waals surface area contributed by atoms with Gasteiger partial charge in [-0.15, -0.1) is 0 Å². The van der Waals surface area contributed by atoms with Gasteiger partial charge in [0.05, 0.1) is 25.2 Å². The molecule has 2 aromatic rings. The summed E-state index contributed by atoms with van der Waals surface area (Å²) in [4.78, 5) is 15.1. The van der Waals surface area contributed by atoms with Gasteiger partial charge in [0.1, 0.15) is 11.5 Å². The molecule has 0 saturated carbocycles. The summed E-state index contributed by atoms with van der Waals surface area (Å²) < 4.78 is 35.1. The molecule has 1 heterocycles. The van der Waals surface area contributed by atoms with Crippen LogP contribution in [0.15, 0.2) is 48.5 Å². The Morgan fingerprint density at radius 3 is 2.53 bits per heavy atom. The van der Waals surface area contributed by atoms with Crippen LogP contribution in [0, 0.1) is 0 Å². The fourth-order valence-corrected chi connectivity index (χ4v) is 5.27. The molecule has 1 saturated heterocycles. The number of carbonyl (C=O) groups excluding carboxylic acids is 1. The molecule has 0 bridgehead atoms. The molecule has 0 aliphatic carbocycles. The number of carbonyl (C=O) groups is 1. The van der Waals surface area contributed by atoms with E-state index in [9.17, 15) is 13.2 Å². The molecule has 3 rings (SSSR count). The highest BCUT2D eigenvalue weighted by atomic mass is 32.2. The summed E-state index contributed by atoms with van der Waals surface area (Å²) in [7, 11) is -1.52. The van der Waals surface area contributed by atoms with Crippen LogP contribution >= 0.6 is 0 Å². The Morgan fingerprint density at radius 1 is 1.13 bits per heavy atom. The first-order valence-electron chi connectivity index (χ1n) is 10.3. The molecule has 1 aliphatic rings. The van der Waals surface area contributed by atoms with E-state index < -0.39 is 9.84 Å². The number of hydrogen-bond acceptors (Lipinski definition) is 5. The van der Waals surface area contributed by atoms with Crippen molar-refractivity contribution in [3.63, 3.8) is 0 Å². The van der Waals surface area contributed by atoms with Crippen LogP contribution in [0.2, 0.25) is 0 Å². The lowest BCUT2D eigenvalue weighted by Gasteiger charge is -2.29. The first-order valence-corrected chi connectivity index (χ1v) is 12.1. The van der Waals surface area contributed by atoms with Gasteiger partial charge in [0.2, 0.25) is 0 Å². The second kappa shape index (κ2) is 9.98. The molecule has 0 spiro atoms. The van der Waals surface area contributed by atoms with Crippen LogP contribution in [0.1, 0.15) is 42.1 Å². The average molecular weight is 432 g/mol. The molecule has 1 atom stereocenters. The van der Waals surface area contributed by atoms with Gasteiger partial charge in [0.25, 0.3) is 5.91 Å². The van der Waals surface area contributed by atoms with Crippen LogP contribution in [-0.2, 0) is 16.4 Å². The van der Waals surface area contributed by atoms with E-state index in [-0.39, 0.29) is 23.5 Å². The Bertz CT molecular complexity index is 956. The van der Waals surface area contributed by atoms with Crippen molar-refractivity contribution in [2.24, 2.45) is 0 Å². The lowest BCUT2D eigenvalue weighted by Crippen LogP contribution is -2.40. The summed E-state index contributed by atoms with van der Waals surface area (Å²) in [5.41, 5.74) is 1.42. The van der Waals surface area contributed by atoms with Crippen molar-refractivity contribution in [2.45, 2.75) is 38.8 Å². The minimum Gasteiger partial charge on any atom is -0.497 e. The Labute approximate surface area is 178 Å². The molecule has 2 aromatic carbocycles. The Morgan fingerprint density at radius 2 is 1.90 bits per heavy atom. The number of unbranched alkanes of at least 4 members (excludes halogenated alkanes) is 1. The highest BCUT2D eigenvalue weighted by Gasteiger charge is 2.35. The molecule has 30 heavy (non-hydrogen) atoms. The molecular weight excluding hydrogens is 402 g/mol. The van der Waals surface area contributed by atoms with Crippen molar-refractivity contribution in [3.8, 4) is 11.5 Å². The number of hydrogen-bond donors (Lipinski definition) is 0. The van der Waals surface area contributed by atoms with Crippen LogP contribution in [0.5, 0.6) is 11.5 Å². The van der Waals surface area contributed by atoms with E-state index in [1.807, 2.05) is 30.3 Å². The van der Waals surface area contributed by atoms with Gasteiger partial charge in [-0.2, -0.15) is 0 Å². The third-order valence-corrected chi connectivity index (χ3v) is 7.02. The monoisotopic (exact) mass is 431 g/mol. The maximum Gasteiger partial charge on any atom is 0.254 e. The summed E-state index contributed by atoms with van der Waals surface area (Å²) in [6.07, 6.45) is 2.43. The molecule has 162 valence electrons. The van der Waals surface area contributed by atoms with E-state index in [1.54, 1.807) is 30.2 Å². The van der Waals surface area contributed by atoms with E-state index in [1.165, 1.54) is 0 Å². The van der Waals surface area contributed by atoms with Crippen LogP contribution in [-0.4, -0.2) is 50.5 Å². The van der Waals surface area contributed by atoms with Gasteiger partial charge in [-0.3, -0.25) is 4.79 Å². The van der Waals surface area contributed by atoms with Gasteiger partial charge in [0.15, 0.2) is 9.84 Å². The van der Waals surface area contributed by atoms with E-state index >= 15 is 0 Å². The zero-order chi connectivity index (χ0) is 21.6. The number of ether oxygens (including phenoxy) is 2. The minimum absolute atomic E-state index is 0.00157. The van der Waals surface area contributed by atoms with E-state index in [0.717, 1.165) is 24.2 Å². The van der Waals surface area contributed by atoms with Crippen LogP contribution < -0.4 is 9.47 Å². The first-order chi connectivity index (χ1) is 14.4. The van der Waals surface area contributed by atoms with Gasteiger partial charge in [-0.25, -0.2) is 8.42 Å². The smallest absolute Gasteiger partial charge is 0.254 e. The van der Waals surface area contributed by atoms with Crippen molar-refractivity contribution in [3.05, 3.63) is 59.7 Å². The van der Waals surface area contributed by atoms with Crippen molar-refractivity contribution in [1.82, 2.24) is 4.90 Å². The summed E-state index contributed by atoms with van der Waals surface area (Å²) in [6, 6.07) is 14.2. The number of rotatable bonds is 9. The molecule has 0 N–H and O–H groups in total. The highest BCUT2D eigenvalue weighted by Crippen LogP contribution is 2.24. The van der Waals surface area contributed by atoms with Crippen molar-refractivity contribution in [2.75, 3.05) is 25.2 Å². The summed E-state index contributed by atoms with van der Waals surface area (Å²) in [5.74, 6) is 1.31. The number of methoxy groups -OCH3 is 1. The normalized spacial score (nSPS) is 17.5. The zero-order valence-corrected chi connectivity index (χ0v) is 18.4. The molecule has 6 nitrogen and oxygen atoms in total. The zero-order valence-electron chi connectivity index (χ0n) is 17.5. The second-order valence-electron chi connectivity index (χ2n) is 7.57. The third kappa shape index (κ3) is 5.75. The molecule has 0 aromatic heterocycles. The lowest BCUT2D eigenvalue weighted by atomic mass is 10.1. The molecule has 0 unspecified atom stereocenters. The fourth-order valence-electron chi connectivity index (χ4n) is 3.53. The largest absolute Gasteiger partial charge is 0.497 e. The van der Waals surface area contributed by atoms with E-state index in [2.05, 4.69) is 6.92 Å². The predicted octanol–water partition coefficient (Wildman–Crippen LogP) is 3.70. The number of amides is 1. The van der Waals surface area contributed by atoms with Gasteiger partial charge < -0.3 is 14.4 Å². The number of benzene rings is 2. The molecule has 1 amide bonds. The summed E-state index contributed by atoms with van der Waals surface area (Å²) in [5, 5.41) is 0. The van der Waals surface area contributed by atoms with Crippen LogP contribution in [0.25, 0.3) is 0 Å². The second-order valence-corrected chi connectivity index (χ2v) is 9.80. The quantitative estimate of drug-likeness (QED) is 0.566. The highest BCUT2D eigenvalue weighted by molar-refractivity contribution is 7.91. The van der Waals surface area contributed by atoms with Gasteiger partial charge in [-0.05, 0) is 48.7 Å². The number of sulfone groups is 1. The fraction of sp³-hybridized carbons (Fsp3) is 0.435. The Hall–Kier alpha value is -2.54. The molecule has 7 heteroatoms. The Balaban J connectivity index is 1.83. The lowest BCUT2D eigenvalue weighted by molar-refractivity contribution is 0.0680. The number of nitrogens with zero attached hydrogens (tertiary/aromatic N) is 1. The van der Waals surface area contributed by atoms with Crippen LogP contribution in [0.4, 0.5) is 0 Å². The van der Waals surface area contributed by atoms with Gasteiger partial charge in [0, 0.05) is 18.2 Å². The Kier molecular flexibility index (Phi) is 7.37. The summed E-state index contributed by atoms with van der Waals surface area (Å²) in [6.45, 7) is 3.03. The minimum atomic E-state index is -3.12. The maximum atomic E-state index is 13.4. The van der Waals surface area contributed by atoms with Gasteiger partial charge >= 0.3 is 0 Å². The molecule has 0 radical (unpaired) electrons. The van der Waals surface area contributed by atoms with E-state index in [0.29, 0.717) is 30.9 Å². The topological polar surface area (TPSA) is 72.9 Å². The average Bonchev–Trinajstić information content (AvgIpc) is 3.12. The standard InChI is InChI=1S/C23H29NO5S/c1-3-4-13-29-22-7-5-6-19(15-22)23(25)24(20-12-14-30(26,27)17-20)16-18-8-10-21(28-2)11-9-18/h5-11,15,20H,3-4,12-14,16-17H2,1-2H3/t20-/m0/s1. The predicted molar refractivity (Wildman–Crippen MR) is 117 cm³/mol.